The number of benzene rings is 2. The zero-order valence-electron chi connectivity index (χ0n) is 11.0. The van der Waals surface area contributed by atoms with Crippen LogP contribution >= 0.6 is 0 Å². The molecule has 0 radical (unpaired) electrons. The number of carbonyl (C=O) groups is 1. The van der Waals surface area contributed by atoms with Gasteiger partial charge in [0.25, 0.3) is 0 Å². The van der Waals surface area contributed by atoms with Crippen LogP contribution in [0, 0.1) is 0 Å². The van der Waals surface area contributed by atoms with Gasteiger partial charge in [0.15, 0.2) is 11.5 Å². The van der Waals surface area contributed by atoms with E-state index in [1.54, 1.807) is 6.07 Å². The molecule has 1 heterocycles. The van der Waals surface area contributed by atoms with Gasteiger partial charge in [0, 0.05) is 11.5 Å². The fourth-order valence-corrected chi connectivity index (χ4v) is 2.07. The molecule has 2 aromatic carbocycles. The van der Waals surface area contributed by atoms with Gasteiger partial charge in [-0.05, 0) is 17.7 Å². The van der Waals surface area contributed by atoms with Gasteiger partial charge in [0.1, 0.15) is 12.3 Å². The summed E-state index contributed by atoms with van der Waals surface area (Å²) in [6.07, 6.45) is 0. The van der Waals surface area contributed by atoms with Gasteiger partial charge in [-0.25, -0.2) is 4.79 Å². The first kappa shape index (κ1) is 13.1. The van der Waals surface area contributed by atoms with Crippen LogP contribution in [0.4, 0.5) is 0 Å². The van der Waals surface area contributed by atoms with Gasteiger partial charge in [-0.1, -0.05) is 30.3 Å². The molecular weight excluding hydrogens is 270 g/mol. The number of rotatable bonds is 3. The lowest BCUT2D eigenvalue weighted by molar-refractivity contribution is 0.0467. The standard InChI is InChI=1S/C16H13NO4/c18-14-7-11-6-13(17-12(11)8-15(14)19)16(20)21-9-10-4-2-1-3-5-10/h1-8,17-19H,9H2. The van der Waals surface area contributed by atoms with E-state index in [1.165, 1.54) is 12.1 Å². The Balaban J connectivity index is 1.78. The number of H-pyrrole nitrogens is 1. The van der Waals surface area contributed by atoms with Crippen LogP contribution < -0.4 is 0 Å². The zero-order valence-corrected chi connectivity index (χ0v) is 11.0. The lowest BCUT2D eigenvalue weighted by Crippen LogP contribution is -2.05. The molecule has 0 saturated heterocycles. The van der Waals surface area contributed by atoms with Gasteiger partial charge in [-0.3, -0.25) is 0 Å². The lowest BCUT2D eigenvalue weighted by atomic mass is 10.2. The van der Waals surface area contributed by atoms with Gasteiger partial charge in [-0.2, -0.15) is 0 Å². The van der Waals surface area contributed by atoms with E-state index in [9.17, 15) is 15.0 Å². The second kappa shape index (κ2) is 5.20. The Morgan fingerprint density at radius 2 is 1.76 bits per heavy atom. The van der Waals surface area contributed by atoms with E-state index in [-0.39, 0.29) is 23.8 Å². The number of phenols is 2. The molecule has 0 aliphatic rings. The highest BCUT2D eigenvalue weighted by Crippen LogP contribution is 2.30. The normalized spacial score (nSPS) is 10.7. The highest BCUT2D eigenvalue weighted by molar-refractivity contribution is 5.95. The Labute approximate surface area is 120 Å². The first-order chi connectivity index (χ1) is 10.1. The number of nitrogens with one attached hydrogen (secondary N) is 1. The molecule has 5 heteroatoms. The maximum absolute atomic E-state index is 12.0. The summed E-state index contributed by atoms with van der Waals surface area (Å²) >= 11 is 0. The Bertz CT molecular complexity index is 754. The number of fused-ring (bicyclic) bond motifs is 1. The second-order valence-corrected chi connectivity index (χ2v) is 4.67. The number of carbonyl (C=O) groups excluding carboxylic acids is 1. The molecular formula is C16H13NO4. The van der Waals surface area contributed by atoms with Crippen molar-refractivity contribution < 1.29 is 19.7 Å². The largest absolute Gasteiger partial charge is 0.504 e. The monoisotopic (exact) mass is 283 g/mol. The second-order valence-electron chi connectivity index (χ2n) is 4.67. The van der Waals surface area contributed by atoms with Crippen LogP contribution in [0.2, 0.25) is 0 Å². The lowest BCUT2D eigenvalue weighted by Gasteiger charge is -2.02. The summed E-state index contributed by atoms with van der Waals surface area (Å²) in [5.41, 5.74) is 1.72. The predicted octanol–water partition coefficient (Wildman–Crippen LogP) is 2.94. The molecule has 21 heavy (non-hydrogen) atoms. The van der Waals surface area contributed by atoms with E-state index in [4.69, 9.17) is 4.74 Å². The first-order valence-electron chi connectivity index (χ1n) is 6.39. The number of aromatic hydroxyl groups is 2. The number of ether oxygens (including phenoxy) is 1. The molecule has 0 aliphatic heterocycles. The summed E-state index contributed by atoms with van der Waals surface area (Å²) < 4.78 is 5.21. The average molecular weight is 283 g/mol. The Morgan fingerprint density at radius 1 is 1.05 bits per heavy atom. The van der Waals surface area contributed by atoms with Gasteiger partial charge < -0.3 is 19.9 Å². The molecule has 0 amide bonds. The van der Waals surface area contributed by atoms with Crippen molar-refractivity contribution in [1.82, 2.24) is 4.98 Å². The fraction of sp³-hybridized carbons (Fsp3) is 0.0625. The van der Waals surface area contributed by atoms with Crippen molar-refractivity contribution in [3.8, 4) is 11.5 Å². The molecule has 0 bridgehead atoms. The Morgan fingerprint density at radius 3 is 2.52 bits per heavy atom. The van der Waals surface area contributed by atoms with Gasteiger partial charge in [0.05, 0.1) is 5.52 Å². The summed E-state index contributed by atoms with van der Waals surface area (Å²) in [5.74, 6) is -0.965. The smallest absolute Gasteiger partial charge is 0.355 e. The molecule has 0 fully saturated rings. The molecule has 3 aromatic rings. The highest BCUT2D eigenvalue weighted by Gasteiger charge is 2.13. The molecule has 0 spiro atoms. The number of esters is 1. The molecule has 106 valence electrons. The number of hydrogen-bond donors (Lipinski definition) is 3. The van der Waals surface area contributed by atoms with E-state index in [2.05, 4.69) is 4.98 Å². The molecule has 3 N–H and O–H groups in total. The summed E-state index contributed by atoms with van der Waals surface area (Å²) in [7, 11) is 0. The molecule has 0 unspecified atom stereocenters. The molecule has 0 aliphatic carbocycles. The van der Waals surface area contributed by atoms with Crippen molar-refractivity contribution in [2.24, 2.45) is 0 Å². The third kappa shape index (κ3) is 2.67. The molecule has 0 saturated carbocycles. The minimum Gasteiger partial charge on any atom is -0.504 e. The maximum atomic E-state index is 12.0. The van der Waals surface area contributed by atoms with Crippen LogP contribution in [0.25, 0.3) is 10.9 Å². The van der Waals surface area contributed by atoms with Crippen LogP contribution in [0.3, 0.4) is 0 Å². The molecule has 5 nitrogen and oxygen atoms in total. The molecule has 0 atom stereocenters. The van der Waals surface area contributed by atoms with Crippen LogP contribution in [0.1, 0.15) is 16.1 Å². The van der Waals surface area contributed by atoms with Crippen LogP contribution in [-0.4, -0.2) is 21.2 Å². The number of aromatic nitrogens is 1. The van der Waals surface area contributed by atoms with Crippen molar-refractivity contribution in [3.63, 3.8) is 0 Å². The van der Waals surface area contributed by atoms with Crippen LogP contribution in [0.15, 0.2) is 48.5 Å². The summed E-state index contributed by atoms with van der Waals surface area (Å²) in [5, 5.41) is 19.5. The minimum absolute atomic E-state index is 0.186. The summed E-state index contributed by atoms with van der Waals surface area (Å²) in [6.45, 7) is 0.186. The van der Waals surface area contributed by atoms with Crippen LogP contribution in [0.5, 0.6) is 11.5 Å². The van der Waals surface area contributed by atoms with Crippen LogP contribution in [-0.2, 0) is 11.3 Å². The van der Waals surface area contributed by atoms with Crippen molar-refractivity contribution >= 4 is 16.9 Å². The predicted molar refractivity (Wildman–Crippen MR) is 77.2 cm³/mol. The van der Waals surface area contributed by atoms with E-state index in [1.807, 2.05) is 30.3 Å². The topological polar surface area (TPSA) is 82.6 Å². The van der Waals surface area contributed by atoms with E-state index in [0.29, 0.717) is 10.9 Å². The highest BCUT2D eigenvalue weighted by atomic mass is 16.5. The summed E-state index contributed by atoms with van der Waals surface area (Å²) in [4.78, 5) is 14.8. The van der Waals surface area contributed by atoms with Gasteiger partial charge in [-0.15, -0.1) is 0 Å². The van der Waals surface area contributed by atoms with Crippen molar-refractivity contribution in [2.45, 2.75) is 6.61 Å². The minimum atomic E-state index is -0.492. The summed E-state index contributed by atoms with van der Waals surface area (Å²) in [6, 6.07) is 13.7. The quantitative estimate of drug-likeness (QED) is 0.510. The number of hydrogen-bond acceptors (Lipinski definition) is 4. The average Bonchev–Trinajstić information content (AvgIpc) is 2.89. The third-order valence-electron chi connectivity index (χ3n) is 3.15. The van der Waals surface area contributed by atoms with Gasteiger partial charge in [0.2, 0.25) is 0 Å². The molecule has 3 rings (SSSR count). The van der Waals surface area contributed by atoms with E-state index >= 15 is 0 Å². The van der Waals surface area contributed by atoms with E-state index in [0.717, 1.165) is 5.56 Å². The maximum Gasteiger partial charge on any atom is 0.355 e. The van der Waals surface area contributed by atoms with E-state index < -0.39 is 5.97 Å². The first-order valence-corrected chi connectivity index (χ1v) is 6.39. The Kier molecular flexibility index (Phi) is 3.23. The SMILES string of the molecule is O=C(OCc1ccccc1)c1cc2cc(O)c(O)cc2[nH]1. The van der Waals surface area contributed by atoms with Crippen molar-refractivity contribution in [2.75, 3.05) is 0 Å². The van der Waals surface area contributed by atoms with Crippen molar-refractivity contribution in [1.29, 1.82) is 0 Å². The number of phenolic OH excluding ortho intramolecular Hbond substituents is 2. The Hall–Kier alpha value is -2.95. The molecule has 1 aromatic heterocycles. The third-order valence-corrected chi connectivity index (χ3v) is 3.15. The van der Waals surface area contributed by atoms with Crippen molar-refractivity contribution in [3.05, 3.63) is 59.8 Å². The zero-order chi connectivity index (χ0) is 14.8. The fourth-order valence-electron chi connectivity index (χ4n) is 2.07. The van der Waals surface area contributed by atoms with Gasteiger partial charge >= 0.3 is 5.97 Å². The number of aromatic amines is 1.